The van der Waals surface area contributed by atoms with Crippen molar-refractivity contribution in [2.75, 3.05) is 24.6 Å². The number of rotatable bonds is 5. The molecule has 0 aromatic heterocycles. The molecular weight excluding hydrogens is 190 g/mol. The van der Waals surface area contributed by atoms with E-state index in [4.69, 9.17) is 5.11 Å². The van der Waals surface area contributed by atoms with Gasteiger partial charge in [0.25, 0.3) is 0 Å². The largest absolute Gasteiger partial charge is 0.395 e. The second-order valence-corrected chi connectivity index (χ2v) is 3.81. The van der Waals surface area contributed by atoms with Crippen LogP contribution in [0.15, 0.2) is 24.3 Å². The van der Waals surface area contributed by atoms with Crippen LogP contribution in [0.2, 0.25) is 0 Å². The quantitative estimate of drug-likeness (QED) is 0.765. The molecule has 0 saturated heterocycles. The second-order valence-electron chi connectivity index (χ2n) is 3.81. The van der Waals surface area contributed by atoms with Crippen molar-refractivity contribution in [1.29, 1.82) is 0 Å². The molecule has 1 aromatic carbocycles. The highest BCUT2D eigenvalue weighted by molar-refractivity contribution is 5.53. The van der Waals surface area contributed by atoms with Gasteiger partial charge < -0.3 is 15.1 Å². The molecule has 0 bridgehead atoms. The van der Waals surface area contributed by atoms with E-state index in [0.717, 1.165) is 11.3 Å². The van der Waals surface area contributed by atoms with Crippen LogP contribution in [-0.2, 0) is 0 Å². The summed E-state index contributed by atoms with van der Waals surface area (Å²) in [5.41, 5.74) is 2.24. The van der Waals surface area contributed by atoms with Gasteiger partial charge in [0.2, 0.25) is 0 Å². The molecule has 1 rings (SSSR count). The molecule has 0 aliphatic heterocycles. The lowest BCUT2D eigenvalue weighted by Crippen LogP contribution is -2.33. The van der Waals surface area contributed by atoms with E-state index in [2.05, 4.69) is 0 Å². The van der Waals surface area contributed by atoms with E-state index >= 15 is 0 Å². The van der Waals surface area contributed by atoms with Crippen LogP contribution in [0.3, 0.4) is 0 Å². The molecule has 3 heteroatoms. The molecule has 0 saturated carbocycles. The number of aliphatic hydroxyl groups is 2. The minimum absolute atomic E-state index is 0.0983. The van der Waals surface area contributed by atoms with Crippen LogP contribution in [0, 0.1) is 6.92 Å². The van der Waals surface area contributed by atoms with Crippen molar-refractivity contribution in [1.82, 2.24) is 0 Å². The van der Waals surface area contributed by atoms with Crippen molar-refractivity contribution in [2.45, 2.75) is 20.0 Å². The van der Waals surface area contributed by atoms with Crippen molar-refractivity contribution in [3.8, 4) is 0 Å². The fraction of sp³-hybridized carbons (Fsp3) is 0.500. The third kappa shape index (κ3) is 3.53. The molecule has 0 fully saturated rings. The first kappa shape index (κ1) is 12.0. The third-order valence-electron chi connectivity index (χ3n) is 2.31. The summed E-state index contributed by atoms with van der Waals surface area (Å²) >= 11 is 0. The standard InChI is InChI=1S/C12H19NO2/c1-10-5-3-4-6-12(10)13(7-8-14)9-11(2)15/h3-6,11,14-15H,7-9H2,1-2H3. The summed E-state index contributed by atoms with van der Waals surface area (Å²) in [5, 5.41) is 18.4. The number of aliphatic hydroxyl groups excluding tert-OH is 2. The Labute approximate surface area is 91.0 Å². The smallest absolute Gasteiger partial charge is 0.0687 e. The zero-order valence-corrected chi connectivity index (χ0v) is 9.35. The predicted molar refractivity (Wildman–Crippen MR) is 62.2 cm³/mol. The lowest BCUT2D eigenvalue weighted by Gasteiger charge is -2.26. The highest BCUT2D eigenvalue weighted by atomic mass is 16.3. The molecule has 1 unspecified atom stereocenters. The molecule has 0 amide bonds. The molecular formula is C12H19NO2. The van der Waals surface area contributed by atoms with Gasteiger partial charge in [0, 0.05) is 18.8 Å². The summed E-state index contributed by atoms with van der Waals surface area (Å²) in [6.45, 7) is 4.98. The lowest BCUT2D eigenvalue weighted by molar-refractivity contribution is 0.196. The van der Waals surface area contributed by atoms with E-state index in [0.29, 0.717) is 13.1 Å². The Morgan fingerprint density at radius 1 is 1.33 bits per heavy atom. The van der Waals surface area contributed by atoms with Crippen molar-refractivity contribution in [3.05, 3.63) is 29.8 Å². The Bertz CT molecular complexity index is 299. The van der Waals surface area contributed by atoms with Gasteiger partial charge >= 0.3 is 0 Å². The van der Waals surface area contributed by atoms with Gasteiger partial charge in [-0.15, -0.1) is 0 Å². The van der Waals surface area contributed by atoms with E-state index < -0.39 is 6.10 Å². The number of hydrogen-bond donors (Lipinski definition) is 2. The Hall–Kier alpha value is -1.06. The van der Waals surface area contributed by atoms with Crippen molar-refractivity contribution >= 4 is 5.69 Å². The average Bonchev–Trinajstić information content (AvgIpc) is 2.17. The van der Waals surface area contributed by atoms with Gasteiger partial charge in [0.1, 0.15) is 0 Å². The normalized spacial score (nSPS) is 12.5. The molecule has 1 aromatic rings. The molecule has 1 atom stereocenters. The SMILES string of the molecule is Cc1ccccc1N(CCO)CC(C)O. The molecule has 3 nitrogen and oxygen atoms in total. The number of anilines is 1. The summed E-state index contributed by atoms with van der Waals surface area (Å²) in [5.74, 6) is 0. The maximum absolute atomic E-state index is 9.38. The minimum Gasteiger partial charge on any atom is -0.395 e. The van der Waals surface area contributed by atoms with Crippen molar-refractivity contribution in [2.24, 2.45) is 0 Å². The summed E-state index contributed by atoms with van der Waals surface area (Å²) in [6.07, 6.45) is -0.392. The van der Waals surface area contributed by atoms with Crippen LogP contribution in [0.25, 0.3) is 0 Å². The van der Waals surface area contributed by atoms with Crippen LogP contribution in [0.1, 0.15) is 12.5 Å². The van der Waals surface area contributed by atoms with Crippen LogP contribution in [0.4, 0.5) is 5.69 Å². The summed E-state index contributed by atoms with van der Waals surface area (Å²) < 4.78 is 0. The third-order valence-corrected chi connectivity index (χ3v) is 2.31. The Morgan fingerprint density at radius 2 is 2.00 bits per heavy atom. The number of benzene rings is 1. The fourth-order valence-electron chi connectivity index (χ4n) is 1.67. The monoisotopic (exact) mass is 209 g/mol. The van der Waals surface area contributed by atoms with Gasteiger partial charge in [0.05, 0.1) is 12.7 Å². The first-order chi connectivity index (χ1) is 7.15. The van der Waals surface area contributed by atoms with Gasteiger partial charge in [-0.2, -0.15) is 0 Å². The van der Waals surface area contributed by atoms with E-state index in [1.54, 1.807) is 6.92 Å². The first-order valence-electron chi connectivity index (χ1n) is 5.24. The maximum Gasteiger partial charge on any atom is 0.0687 e. The highest BCUT2D eigenvalue weighted by Gasteiger charge is 2.10. The lowest BCUT2D eigenvalue weighted by atomic mass is 10.1. The van der Waals surface area contributed by atoms with Gasteiger partial charge in [0.15, 0.2) is 0 Å². The molecule has 0 radical (unpaired) electrons. The summed E-state index contributed by atoms with van der Waals surface area (Å²) in [6, 6.07) is 7.99. The Kier molecular flexibility index (Phi) is 4.59. The van der Waals surface area contributed by atoms with Crippen LogP contribution in [-0.4, -0.2) is 36.0 Å². The van der Waals surface area contributed by atoms with Crippen LogP contribution >= 0.6 is 0 Å². The van der Waals surface area contributed by atoms with Gasteiger partial charge in [-0.1, -0.05) is 18.2 Å². The number of hydrogen-bond acceptors (Lipinski definition) is 3. The average molecular weight is 209 g/mol. The van der Waals surface area contributed by atoms with Gasteiger partial charge in [-0.05, 0) is 25.5 Å². The Balaban J connectivity index is 2.83. The molecule has 15 heavy (non-hydrogen) atoms. The van der Waals surface area contributed by atoms with Crippen LogP contribution in [0.5, 0.6) is 0 Å². The van der Waals surface area contributed by atoms with Crippen LogP contribution < -0.4 is 4.90 Å². The first-order valence-corrected chi connectivity index (χ1v) is 5.24. The number of para-hydroxylation sites is 1. The molecule has 84 valence electrons. The molecule has 2 N–H and O–H groups in total. The molecule has 0 heterocycles. The predicted octanol–water partition coefficient (Wildman–Crippen LogP) is 1.17. The van der Waals surface area contributed by atoms with E-state index in [-0.39, 0.29) is 6.61 Å². The fourth-order valence-corrected chi connectivity index (χ4v) is 1.67. The maximum atomic E-state index is 9.38. The van der Waals surface area contributed by atoms with Gasteiger partial charge in [-0.25, -0.2) is 0 Å². The summed E-state index contributed by atoms with van der Waals surface area (Å²) in [4.78, 5) is 2.00. The van der Waals surface area contributed by atoms with E-state index in [1.807, 2.05) is 36.1 Å². The van der Waals surface area contributed by atoms with Gasteiger partial charge in [-0.3, -0.25) is 0 Å². The zero-order chi connectivity index (χ0) is 11.3. The zero-order valence-electron chi connectivity index (χ0n) is 9.35. The highest BCUT2D eigenvalue weighted by Crippen LogP contribution is 2.19. The molecule has 0 spiro atoms. The molecule has 0 aliphatic carbocycles. The second kappa shape index (κ2) is 5.73. The van der Waals surface area contributed by atoms with E-state index in [1.165, 1.54) is 0 Å². The van der Waals surface area contributed by atoms with Crippen molar-refractivity contribution < 1.29 is 10.2 Å². The Morgan fingerprint density at radius 3 is 2.53 bits per heavy atom. The van der Waals surface area contributed by atoms with E-state index in [9.17, 15) is 5.11 Å². The number of aryl methyl sites for hydroxylation is 1. The summed E-state index contributed by atoms with van der Waals surface area (Å²) in [7, 11) is 0. The van der Waals surface area contributed by atoms with Crippen molar-refractivity contribution in [3.63, 3.8) is 0 Å². The topological polar surface area (TPSA) is 43.7 Å². The molecule has 0 aliphatic rings. The number of nitrogens with zero attached hydrogens (tertiary/aromatic N) is 1. The minimum atomic E-state index is -0.392.